The van der Waals surface area contributed by atoms with E-state index in [4.69, 9.17) is 11.6 Å². The zero-order chi connectivity index (χ0) is 14.4. The highest BCUT2D eigenvalue weighted by Crippen LogP contribution is 2.27. The van der Waals surface area contributed by atoms with Crippen molar-refractivity contribution in [3.63, 3.8) is 0 Å². The van der Waals surface area contributed by atoms with E-state index in [0.29, 0.717) is 16.8 Å². The van der Waals surface area contributed by atoms with Gasteiger partial charge in [-0.25, -0.2) is 0 Å². The summed E-state index contributed by atoms with van der Waals surface area (Å²) in [6.45, 7) is 6.09. The van der Waals surface area contributed by atoms with Crippen LogP contribution in [0.3, 0.4) is 0 Å². The van der Waals surface area contributed by atoms with Crippen LogP contribution in [-0.2, 0) is 6.54 Å². The van der Waals surface area contributed by atoms with Gasteiger partial charge in [-0.2, -0.15) is 0 Å². The summed E-state index contributed by atoms with van der Waals surface area (Å²) in [5.74, 6) is 0.301. The van der Waals surface area contributed by atoms with Gasteiger partial charge in [0.15, 0.2) is 0 Å². The van der Waals surface area contributed by atoms with Crippen molar-refractivity contribution < 1.29 is 5.11 Å². The molecule has 1 unspecified atom stereocenters. The average Bonchev–Trinajstić information content (AvgIpc) is 2.44. The second-order valence-electron chi connectivity index (χ2n) is 5.62. The molecule has 0 radical (unpaired) electrons. The second kappa shape index (κ2) is 7.87. The summed E-state index contributed by atoms with van der Waals surface area (Å²) in [5, 5.41) is 14.2. The Morgan fingerprint density at radius 2 is 2.25 bits per heavy atom. The molecule has 1 atom stereocenters. The van der Waals surface area contributed by atoms with E-state index in [1.54, 1.807) is 12.1 Å². The highest BCUT2D eigenvalue weighted by atomic mass is 35.5. The molecule has 1 heterocycles. The van der Waals surface area contributed by atoms with Gasteiger partial charge < -0.3 is 10.4 Å². The summed E-state index contributed by atoms with van der Waals surface area (Å²) in [7, 11) is 0. The molecule has 112 valence electrons. The Hall–Kier alpha value is -0.770. The number of nitrogens with one attached hydrogen (secondary N) is 1. The predicted molar refractivity (Wildman–Crippen MR) is 84.3 cm³/mol. The first-order valence-electron chi connectivity index (χ1n) is 7.62. The maximum atomic E-state index is 9.99. The maximum absolute atomic E-state index is 9.99. The van der Waals surface area contributed by atoms with Gasteiger partial charge in [0.25, 0.3) is 0 Å². The number of rotatable bonds is 6. The Balaban J connectivity index is 2.00. The number of benzene rings is 1. The Bertz CT molecular complexity index is 399. The van der Waals surface area contributed by atoms with Crippen molar-refractivity contribution in [1.82, 2.24) is 10.2 Å². The molecule has 0 saturated carbocycles. The van der Waals surface area contributed by atoms with Crippen LogP contribution in [0.1, 0.15) is 38.2 Å². The molecule has 2 N–H and O–H groups in total. The average molecular weight is 297 g/mol. The Morgan fingerprint density at radius 1 is 1.40 bits per heavy atom. The zero-order valence-electron chi connectivity index (χ0n) is 12.2. The summed E-state index contributed by atoms with van der Waals surface area (Å²) in [4.78, 5) is 2.39. The van der Waals surface area contributed by atoms with Gasteiger partial charge in [-0.15, -0.1) is 0 Å². The third kappa shape index (κ3) is 4.37. The van der Waals surface area contributed by atoms with Crippen LogP contribution < -0.4 is 5.32 Å². The molecule has 1 aromatic rings. The molecule has 0 aliphatic carbocycles. The number of hydrogen-bond donors (Lipinski definition) is 2. The second-order valence-corrected chi connectivity index (χ2v) is 6.03. The highest BCUT2D eigenvalue weighted by molar-refractivity contribution is 6.31. The first kappa shape index (κ1) is 15.6. The van der Waals surface area contributed by atoms with Gasteiger partial charge in [0.05, 0.1) is 0 Å². The lowest BCUT2D eigenvalue weighted by Crippen LogP contribution is -2.43. The first-order valence-corrected chi connectivity index (χ1v) is 8.00. The fraction of sp³-hybridized carbons (Fsp3) is 0.625. The summed E-state index contributed by atoms with van der Waals surface area (Å²) >= 11 is 6.21. The maximum Gasteiger partial charge on any atom is 0.121 e. The minimum absolute atomic E-state index is 0.301. The normalized spacial score (nSPS) is 19.4. The van der Waals surface area contributed by atoms with Crippen LogP contribution in [0.2, 0.25) is 5.02 Å². The SMILES string of the molecule is CCCN(Cc1c(O)cccc1Cl)CC1CCCCN1. The van der Waals surface area contributed by atoms with Crippen LogP contribution >= 0.6 is 11.6 Å². The molecule has 0 aromatic heterocycles. The first-order chi connectivity index (χ1) is 9.70. The lowest BCUT2D eigenvalue weighted by Gasteiger charge is -2.30. The van der Waals surface area contributed by atoms with Gasteiger partial charge in [0.2, 0.25) is 0 Å². The monoisotopic (exact) mass is 296 g/mol. The molecule has 1 saturated heterocycles. The highest BCUT2D eigenvalue weighted by Gasteiger charge is 2.18. The van der Waals surface area contributed by atoms with Crippen molar-refractivity contribution >= 4 is 11.6 Å². The van der Waals surface area contributed by atoms with Crippen molar-refractivity contribution in [3.05, 3.63) is 28.8 Å². The van der Waals surface area contributed by atoms with Gasteiger partial charge >= 0.3 is 0 Å². The van der Waals surface area contributed by atoms with Crippen molar-refractivity contribution in [1.29, 1.82) is 0 Å². The van der Waals surface area contributed by atoms with Crippen molar-refractivity contribution in [2.24, 2.45) is 0 Å². The predicted octanol–water partition coefficient (Wildman–Crippen LogP) is 3.40. The molecule has 1 aromatic carbocycles. The smallest absolute Gasteiger partial charge is 0.121 e. The third-order valence-electron chi connectivity index (χ3n) is 3.91. The number of phenols is 1. The van der Waals surface area contributed by atoms with E-state index in [0.717, 1.165) is 38.2 Å². The van der Waals surface area contributed by atoms with Gasteiger partial charge in [-0.1, -0.05) is 31.0 Å². The van der Waals surface area contributed by atoms with Crippen LogP contribution in [0, 0.1) is 0 Å². The number of halogens is 1. The molecule has 1 aliphatic rings. The van der Waals surface area contributed by atoms with Crippen LogP contribution in [-0.4, -0.2) is 35.7 Å². The van der Waals surface area contributed by atoms with Gasteiger partial charge in [-0.3, -0.25) is 4.90 Å². The molecule has 0 spiro atoms. The molecular weight excluding hydrogens is 272 g/mol. The molecule has 1 aliphatic heterocycles. The standard InChI is InChI=1S/C16H25ClN2O/c1-2-10-19(11-13-6-3-4-9-18-13)12-14-15(17)7-5-8-16(14)20/h5,7-8,13,18,20H,2-4,6,9-12H2,1H3. The third-order valence-corrected chi connectivity index (χ3v) is 4.26. The van der Waals surface area contributed by atoms with Crippen LogP contribution in [0.5, 0.6) is 5.75 Å². The van der Waals surface area contributed by atoms with Crippen molar-refractivity contribution in [3.8, 4) is 5.75 Å². The van der Waals surface area contributed by atoms with Gasteiger partial charge in [0.1, 0.15) is 5.75 Å². The summed E-state index contributed by atoms with van der Waals surface area (Å²) < 4.78 is 0. The van der Waals surface area contributed by atoms with E-state index in [1.807, 2.05) is 6.07 Å². The van der Waals surface area contributed by atoms with E-state index < -0.39 is 0 Å². The molecule has 20 heavy (non-hydrogen) atoms. The molecule has 0 bridgehead atoms. The van der Waals surface area contributed by atoms with Crippen molar-refractivity contribution in [2.45, 2.75) is 45.2 Å². The number of aromatic hydroxyl groups is 1. The molecule has 2 rings (SSSR count). The number of nitrogens with zero attached hydrogens (tertiary/aromatic N) is 1. The Kier molecular flexibility index (Phi) is 6.14. The van der Waals surface area contributed by atoms with Crippen molar-refractivity contribution in [2.75, 3.05) is 19.6 Å². The minimum Gasteiger partial charge on any atom is -0.508 e. The number of hydrogen-bond acceptors (Lipinski definition) is 3. The van der Waals surface area contributed by atoms with E-state index in [1.165, 1.54) is 19.3 Å². The summed E-state index contributed by atoms with van der Waals surface area (Å²) in [6.07, 6.45) is 4.96. The molecule has 4 heteroatoms. The molecule has 0 amide bonds. The van der Waals surface area contributed by atoms with Crippen LogP contribution in [0.4, 0.5) is 0 Å². The lowest BCUT2D eigenvalue weighted by molar-refractivity contribution is 0.215. The minimum atomic E-state index is 0.301. The lowest BCUT2D eigenvalue weighted by atomic mass is 10.0. The topological polar surface area (TPSA) is 35.5 Å². The van der Waals surface area contributed by atoms with Gasteiger partial charge in [0, 0.05) is 29.7 Å². The van der Waals surface area contributed by atoms with Crippen LogP contribution in [0.15, 0.2) is 18.2 Å². The fourth-order valence-electron chi connectivity index (χ4n) is 2.87. The summed E-state index contributed by atoms with van der Waals surface area (Å²) in [5.41, 5.74) is 0.846. The Labute approximate surface area is 126 Å². The fourth-order valence-corrected chi connectivity index (χ4v) is 3.10. The van der Waals surface area contributed by atoms with E-state index >= 15 is 0 Å². The summed E-state index contributed by atoms with van der Waals surface area (Å²) in [6, 6.07) is 5.91. The zero-order valence-corrected chi connectivity index (χ0v) is 13.0. The largest absolute Gasteiger partial charge is 0.508 e. The quantitative estimate of drug-likeness (QED) is 0.844. The van der Waals surface area contributed by atoms with Gasteiger partial charge in [-0.05, 0) is 44.5 Å². The van der Waals surface area contributed by atoms with E-state index in [-0.39, 0.29) is 0 Å². The van der Waals surface area contributed by atoms with Crippen LogP contribution in [0.25, 0.3) is 0 Å². The molecule has 1 fully saturated rings. The Morgan fingerprint density at radius 3 is 2.90 bits per heavy atom. The number of phenolic OH excluding ortho intramolecular Hbond substituents is 1. The molecular formula is C16H25ClN2O. The van der Waals surface area contributed by atoms with E-state index in [9.17, 15) is 5.11 Å². The number of piperidine rings is 1. The molecule has 3 nitrogen and oxygen atoms in total. The van der Waals surface area contributed by atoms with E-state index in [2.05, 4.69) is 17.1 Å².